The third-order valence-corrected chi connectivity index (χ3v) is 11.6. The molecule has 0 saturated heterocycles. The maximum atomic E-state index is 11.3. The Morgan fingerprint density at radius 3 is 1.61 bits per heavy atom. The number of rotatable bonds is 5. The second kappa shape index (κ2) is 7.62. The van der Waals surface area contributed by atoms with Crippen LogP contribution in [-0.2, 0) is 10.8 Å². The van der Waals surface area contributed by atoms with Crippen molar-refractivity contribution in [2.45, 2.75) is 87.9 Å². The van der Waals surface area contributed by atoms with E-state index in [4.69, 9.17) is 4.74 Å². The molecule has 0 spiro atoms. The van der Waals surface area contributed by atoms with Gasteiger partial charge in [-0.1, -0.05) is 12.1 Å². The number of aromatic carboxylic acids is 1. The minimum absolute atomic E-state index is 0.267. The van der Waals surface area contributed by atoms with Crippen LogP contribution in [0.3, 0.4) is 0 Å². The number of carboxylic acid groups (broad SMARTS) is 1. The van der Waals surface area contributed by atoms with Crippen LogP contribution < -0.4 is 4.74 Å². The lowest BCUT2D eigenvalue weighted by Crippen LogP contribution is -2.50. The molecule has 10 rings (SSSR count). The fourth-order valence-corrected chi connectivity index (χ4v) is 11.1. The molecule has 2 aromatic rings. The molecule has 1 N–H and O–H groups in total. The summed E-state index contributed by atoms with van der Waals surface area (Å²) >= 11 is 0. The van der Waals surface area contributed by atoms with E-state index in [0.717, 1.165) is 47.0 Å². The smallest absolute Gasteiger partial charge is 0.335 e. The molecule has 0 atom stereocenters. The SMILES string of the molecule is O=C(O)c1ccc(Oc2ccc(C34CC5CC(CC(C5)C3)C4)cc2C23CC4CC(CC(C4)C2)C3)cc1. The van der Waals surface area contributed by atoms with E-state index >= 15 is 0 Å². The molecule has 3 heteroatoms. The lowest BCUT2D eigenvalue weighted by Gasteiger charge is -2.58. The quantitative estimate of drug-likeness (QED) is 0.468. The van der Waals surface area contributed by atoms with Crippen molar-refractivity contribution in [1.29, 1.82) is 0 Å². The van der Waals surface area contributed by atoms with Crippen LogP contribution in [0.1, 0.15) is 98.5 Å². The topological polar surface area (TPSA) is 46.5 Å². The van der Waals surface area contributed by atoms with Gasteiger partial charge in [0, 0.05) is 5.56 Å². The number of carboxylic acids is 1. The number of hydrogen-bond acceptors (Lipinski definition) is 2. The summed E-state index contributed by atoms with van der Waals surface area (Å²) in [5, 5.41) is 9.31. The summed E-state index contributed by atoms with van der Waals surface area (Å²) < 4.78 is 6.61. The van der Waals surface area contributed by atoms with Crippen LogP contribution >= 0.6 is 0 Å². The van der Waals surface area contributed by atoms with E-state index in [-0.39, 0.29) is 5.41 Å². The molecule has 0 amide bonds. The van der Waals surface area contributed by atoms with Gasteiger partial charge in [0.05, 0.1) is 5.56 Å². The predicted octanol–water partition coefficient (Wildman–Crippen LogP) is 8.11. The number of ether oxygens (including phenoxy) is 1. The minimum atomic E-state index is -0.893. The second-order valence-electron chi connectivity index (χ2n) is 14.0. The van der Waals surface area contributed by atoms with Gasteiger partial charge in [0.1, 0.15) is 11.5 Å². The van der Waals surface area contributed by atoms with Crippen LogP contribution in [0, 0.1) is 35.5 Å². The highest BCUT2D eigenvalue weighted by atomic mass is 16.5. The van der Waals surface area contributed by atoms with Gasteiger partial charge in [0.15, 0.2) is 0 Å². The first-order valence-electron chi connectivity index (χ1n) is 14.6. The lowest BCUT2D eigenvalue weighted by atomic mass is 9.46. The zero-order chi connectivity index (χ0) is 24.1. The first kappa shape index (κ1) is 21.8. The van der Waals surface area contributed by atoms with Crippen LogP contribution in [0.25, 0.3) is 0 Å². The maximum Gasteiger partial charge on any atom is 0.335 e. The van der Waals surface area contributed by atoms with E-state index in [1.54, 1.807) is 17.7 Å². The molecule has 8 fully saturated rings. The van der Waals surface area contributed by atoms with Crippen LogP contribution in [0.15, 0.2) is 42.5 Å². The Morgan fingerprint density at radius 1 is 0.667 bits per heavy atom. The van der Waals surface area contributed by atoms with E-state index in [2.05, 4.69) is 18.2 Å². The van der Waals surface area contributed by atoms with Gasteiger partial charge >= 0.3 is 5.97 Å². The zero-order valence-corrected chi connectivity index (χ0v) is 21.3. The molecule has 8 aliphatic carbocycles. The van der Waals surface area contributed by atoms with Crippen molar-refractivity contribution in [2.75, 3.05) is 0 Å². The van der Waals surface area contributed by atoms with Gasteiger partial charge in [0.2, 0.25) is 0 Å². The Morgan fingerprint density at radius 2 is 1.14 bits per heavy atom. The van der Waals surface area contributed by atoms with Crippen molar-refractivity contribution in [3.05, 3.63) is 59.2 Å². The van der Waals surface area contributed by atoms with E-state index < -0.39 is 5.97 Å². The number of benzene rings is 2. The van der Waals surface area contributed by atoms with Gasteiger partial charge in [-0.2, -0.15) is 0 Å². The van der Waals surface area contributed by atoms with Gasteiger partial charge in [-0.15, -0.1) is 0 Å². The summed E-state index contributed by atoms with van der Waals surface area (Å²) in [7, 11) is 0. The Kier molecular flexibility index (Phi) is 4.60. The molecule has 2 aromatic carbocycles. The van der Waals surface area contributed by atoms with Crippen molar-refractivity contribution in [1.82, 2.24) is 0 Å². The standard InChI is InChI=1S/C33H38O3/c34-31(35)26-1-4-28(5-2-26)36-30-6-3-27(32-14-20-7-21(15-32)9-22(8-20)16-32)13-29(30)33-17-23-10-24(18-33)12-25(11-23)19-33/h1-6,13,20-25H,7-12,14-19H2,(H,34,35). The molecule has 0 aromatic heterocycles. The molecule has 0 unspecified atom stereocenters. The number of hydrogen-bond donors (Lipinski definition) is 1. The summed E-state index contributed by atoms with van der Waals surface area (Å²) in [6.07, 6.45) is 17.0. The van der Waals surface area contributed by atoms with Gasteiger partial charge in [-0.25, -0.2) is 4.79 Å². The fourth-order valence-electron chi connectivity index (χ4n) is 11.1. The van der Waals surface area contributed by atoms with E-state index in [9.17, 15) is 9.90 Å². The van der Waals surface area contributed by atoms with Crippen molar-refractivity contribution in [3.63, 3.8) is 0 Å². The molecule has 0 heterocycles. The summed E-state index contributed by atoms with van der Waals surface area (Å²) in [4.78, 5) is 11.3. The largest absolute Gasteiger partial charge is 0.478 e. The summed E-state index contributed by atoms with van der Waals surface area (Å²) in [6, 6.07) is 14.3. The van der Waals surface area contributed by atoms with Crippen LogP contribution in [0.2, 0.25) is 0 Å². The van der Waals surface area contributed by atoms with Crippen LogP contribution in [0.5, 0.6) is 11.5 Å². The Hall–Kier alpha value is -2.29. The third kappa shape index (κ3) is 3.33. The first-order chi connectivity index (χ1) is 17.5. The highest BCUT2D eigenvalue weighted by Crippen LogP contribution is 2.64. The molecule has 3 nitrogen and oxygen atoms in total. The monoisotopic (exact) mass is 482 g/mol. The maximum absolute atomic E-state index is 11.3. The minimum Gasteiger partial charge on any atom is -0.478 e. The average Bonchev–Trinajstić information content (AvgIpc) is 2.83. The van der Waals surface area contributed by atoms with Gasteiger partial charge < -0.3 is 9.84 Å². The molecular formula is C33H38O3. The highest BCUT2D eigenvalue weighted by Gasteiger charge is 2.54. The van der Waals surface area contributed by atoms with E-state index in [1.165, 1.54) is 82.6 Å². The molecule has 188 valence electrons. The van der Waals surface area contributed by atoms with Crippen molar-refractivity contribution < 1.29 is 14.6 Å². The van der Waals surface area contributed by atoms with Gasteiger partial charge in [-0.3, -0.25) is 0 Å². The molecule has 8 saturated carbocycles. The number of carbonyl (C=O) groups is 1. The predicted molar refractivity (Wildman–Crippen MR) is 140 cm³/mol. The molecule has 8 aliphatic rings. The lowest BCUT2D eigenvalue weighted by molar-refractivity contribution is -0.00888. The summed E-state index contributed by atoms with van der Waals surface area (Å²) in [5.41, 5.74) is 4.07. The first-order valence-corrected chi connectivity index (χ1v) is 14.6. The van der Waals surface area contributed by atoms with Crippen molar-refractivity contribution in [3.8, 4) is 11.5 Å². The van der Waals surface area contributed by atoms with Crippen molar-refractivity contribution in [2.24, 2.45) is 35.5 Å². The molecule has 36 heavy (non-hydrogen) atoms. The molecule has 8 bridgehead atoms. The zero-order valence-electron chi connectivity index (χ0n) is 21.3. The van der Waals surface area contributed by atoms with Gasteiger partial charge in [0.25, 0.3) is 0 Å². The normalized spacial score (nSPS) is 41.6. The van der Waals surface area contributed by atoms with Crippen LogP contribution in [0.4, 0.5) is 0 Å². The Bertz CT molecular complexity index is 1140. The van der Waals surface area contributed by atoms with Gasteiger partial charge in [-0.05, 0) is 159 Å². The summed E-state index contributed by atoms with van der Waals surface area (Å²) in [6.45, 7) is 0. The molecule has 0 radical (unpaired) electrons. The highest BCUT2D eigenvalue weighted by molar-refractivity contribution is 5.87. The average molecular weight is 483 g/mol. The van der Waals surface area contributed by atoms with E-state index in [1.807, 2.05) is 12.1 Å². The van der Waals surface area contributed by atoms with E-state index in [0.29, 0.717) is 11.0 Å². The Labute approximate surface area is 214 Å². The summed E-state index contributed by atoms with van der Waals surface area (Å²) in [5.74, 6) is 6.39. The van der Waals surface area contributed by atoms with Crippen LogP contribution in [-0.4, -0.2) is 11.1 Å². The fraction of sp³-hybridized carbons (Fsp3) is 0.606. The third-order valence-electron chi connectivity index (χ3n) is 11.6. The Balaban J connectivity index is 1.21. The molecule has 0 aliphatic heterocycles. The van der Waals surface area contributed by atoms with Crippen molar-refractivity contribution >= 4 is 5.97 Å². The second-order valence-corrected chi connectivity index (χ2v) is 14.0. The molecular weight excluding hydrogens is 444 g/mol.